The Morgan fingerprint density at radius 3 is 0.955 bits per heavy atom. The first kappa shape index (κ1) is 62.6. The third-order valence-corrected chi connectivity index (χ3v) is 11.8. The van der Waals surface area contributed by atoms with Crippen LogP contribution >= 0.6 is 0 Å². The number of ether oxygens (including phenoxy) is 3. The molecular weight excluding hydrogens is 817 g/mol. The molecule has 0 saturated heterocycles. The number of carbonyl (C=O) groups is 3. The molecule has 0 aliphatic rings. The summed E-state index contributed by atoms with van der Waals surface area (Å²) in [5.74, 6) is -0.929. The molecule has 378 valence electrons. The SMILES string of the molecule is CC/C=C/C=C/C=C/CCCCCCCC(=O)OCC(COC(=O)CCCCCCC/C=C/C=C/C=C/C=C/CCCCC)OC(=O)CCCCCCCCCCCCCCCCCCC. The molecule has 0 radical (unpaired) electrons. The van der Waals surface area contributed by atoms with Gasteiger partial charge < -0.3 is 14.2 Å². The zero-order chi connectivity index (χ0) is 47.9. The molecule has 66 heavy (non-hydrogen) atoms. The highest BCUT2D eigenvalue weighted by atomic mass is 16.6. The number of rotatable bonds is 49. The molecule has 1 atom stereocenters. The van der Waals surface area contributed by atoms with Crippen LogP contribution in [-0.4, -0.2) is 37.2 Å². The minimum absolute atomic E-state index is 0.0939. The first-order valence-corrected chi connectivity index (χ1v) is 27.7. The van der Waals surface area contributed by atoms with Crippen molar-refractivity contribution in [2.75, 3.05) is 13.2 Å². The minimum atomic E-state index is -0.794. The Labute approximate surface area is 407 Å². The van der Waals surface area contributed by atoms with Gasteiger partial charge >= 0.3 is 17.9 Å². The van der Waals surface area contributed by atoms with Crippen LogP contribution in [0, 0.1) is 0 Å². The van der Waals surface area contributed by atoms with Gasteiger partial charge in [-0.25, -0.2) is 0 Å². The predicted molar refractivity (Wildman–Crippen MR) is 284 cm³/mol. The minimum Gasteiger partial charge on any atom is -0.462 e. The molecular formula is C60H102O6. The lowest BCUT2D eigenvalue weighted by Gasteiger charge is -2.18. The molecule has 0 aliphatic carbocycles. The monoisotopic (exact) mass is 919 g/mol. The second-order valence-electron chi connectivity index (χ2n) is 18.3. The average Bonchev–Trinajstić information content (AvgIpc) is 3.31. The maximum absolute atomic E-state index is 12.8. The summed E-state index contributed by atoms with van der Waals surface area (Å²) in [7, 11) is 0. The van der Waals surface area contributed by atoms with Crippen molar-refractivity contribution in [2.45, 2.75) is 264 Å². The number of carbonyl (C=O) groups excluding carboxylic acids is 3. The van der Waals surface area contributed by atoms with E-state index in [1.807, 2.05) is 0 Å². The molecule has 0 fully saturated rings. The molecule has 0 aromatic rings. The molecule has 0 bridgehead atoms. The van der Waals surface area contributed by atoms with Crippen molar-refractivity contribution in [3.05, 3.63) is 85.1 Å². The number of hydrogen-bond acceptors (Lipinski definition) is 6. The van der Waals surface area contributed by atoms with E-state index >= 15 is 0 Å². The van der Waals surface area contributed by atoms with E-state index in [2.05, 4.69) is 106 Å². The first-order valence-electron chi connectivity index (χ1n) is 27.7. The normalized spacial score (nSPS) is 12.7. The highest BCUT2D eigenvalue weighted by molar-refractivity contribution is 5.71. The van der Waals surface area contributed by atoms with Crippen molar-refractivity contribution in [2.24, 2.45) is 0 Å². The van der Waals surface area contributed by atoms with Crippen LogP contribution in [0.4, 0.5) is 0 Å². The second kappa shape index (κ2) is 54.2. The summed E-state index contributed by atoms with van der Waals surface area (Å²) in [6.07, 6.45) is 69.9. The Bertz CT molecular complexity index is 1290. The van der Waals surface area contributed by atoms with Crippen LogP contribution in [0.2, 0.25) is 0 Å². The van der Waals surface area contributed by atoms with Gasteiger partial charge in [-0.1, -0.05) is 260 Å². The summed E-state index contributed by atoms with van der Waals surface area (Å²) in [6.45, 7) is 6.44. The quantitative estimate of drug-likeness (QED) is 0.0262. The van der Waals surface area contributed by atoms with Gasteiger partial charge in [0, 0.05) is 19.3 Å². The topological polar surface area (TPSA) is 78.9 Å². The Balaban J connectivity index is 4.43. The fourth-order valence-electron chi connectivity index (χ4n) is 7.63. The summed E-state index contributed by atoms with van der Waals surface area (Å²) in [5, 5.41) is 0. The summed E-state index contributed by atoms with van der Waals surface area (Å²) < 4.78 is 16.8. The predicted octanol–water partition coefficient (Wildman–Crippen LogP) is 18.4. The number of allylic oxidation sites excluding steroid dienone is 14. The molecule has 0 aliphatic heterocycles. The van der Waals surface area contributed by atoms with Crippen molar-refractivity contribution in [3.8, 4) is 0 Å². The second-order valence-corrected chi connectivity index (χ2v) is 18.3. The molecule has 0 amide bonds. The van der Waals surface area contributed by atoms with E-state index in [9.17, 15) is 14.4 Å². The highest BCUT2D eigenvalue weighted by Gasteiger charge is 2.19. The van der Waals surface area contributed by atoms with E-state index in [-0.39, 0.29) is 31.1 Å². The maximum Gasteiger partial charge on any atom is 0.306 e. The lowest BCUT2D eigenvalue weighted by Crippen LogP contribution is -2.30. The van der Waals surface area contributed by atoms with Gasteiger partial charge in [-0.3, -0.25) is 14.4 Å². The average molecular weight is 919 g/mol. The first-order chi connectivity index (χ1) is 32.5. The van der Waals surface area contributed by atoms with Crippen LogP contribution < -0.4 is 0 Å². The van der Waals surface area contributed by atoms with Gasteiger partial charge in [-0.05, 0) is 64.2 Å². The van der Waals surface area contributed by atoms with E-state index in [4.69, 9.17) is 14.2 Å². The van der Waals surface area contributed by atoms with Crippen LogP contribution in [0.15, 0.2) is 85.1 Å². The van der Waals surface area contributed by atoms with Gasteiger partial charge in [0.05, 0.1) is 0 Å². The summed E-state index contributed by atoms with van der Waals surface area (Å²) in [4.78, 5) is 38.1. The Morgan fingerprint density at radius 2 is 0.591 bits per heavy atom. The Kier molecular flexibility index (Phi) is 51.4. The molecule has 0 aromatic carbocycles. The molecule has 0 rings (SSSR count). The summed E-state index contributed by atoms with van der Waals surface area (Å²) in [6, 6.07) is 0. The fraction of sp³-hybridized carbons (Fsp3) is 0.717. The molecule has 1 unspecified atom stereocenters. The molecule has 0 spiro atoms. The van der Waals surface area contributed by atoms with Crippen molar-refractivity contribution in [1.82, 2.24) is 0 Å². The van der Waals surface area contributed by atoms with Crippen molar-refractivity contribution < 1.29 is 28.6 Å². The number of unbranched alkanes of at least 4 members (excludes halogenated alkanes) is 29. The van der Waals surface area contributed by atoms with Gasteiger partial charge in [0.25, 0.3) is 0 Å². The van der Waals surface area contributed by atoms with Gasteiger partial charge in [0.15, 0.2) is 6.10 Å². The van der Waals surface area contributed by atoms with Crippen molar-refractivity contribution >= 4 is 17.9 Å². The Hall–Kier alpha value is -3.41. The van der Waals surface area contributed by atoms with Crippen LogP contribution in [0.1, 0.15) is 258 Å². The number of hydrogen-bond donors (Lipinski definition) is 0. The highest BCUT2D eigenvalue weighted by Crippen LogP contribution is 2.16. The van der Waals surface area contributed by atoms with Gasteiger partial charge in [-0.15, -0.1) is 0 Å². The molecule has 0 saturated carbocycles. The lowest BCUT2D eigenvalue weighted by molar-refractivity contribution is -0.167. The zero-order valence-electron chi connectivity index (χ0n) is 43.2. The van der Waals surface area contributed by atoms with Crippen LogP contribution in [-0.2, 0) is 28.6 Å². The van der Waals surface area contributed by atoms with Gasteiger partial charge in [0.1, 0.15) is 13.2 Å². The fourth-order valence-corrected chi connectivity index (χ4v) is 7.63. The van der Waals surface area contributed by atoms with E-state index in [0.717, 1.165) is 109 Å². The van der Waals surface area contributed by atoms with Crippen molar-refractivity contribution in [3.63, 3.8) is 0 Å². The molecule has 0 heterocycles. The zero-order valence-corrected chi connectivity index (χ0v) is 43.2. The Morgan fingerprint density at radius 1 is 0.318 bits per heavy atom. The third-order valence-electron chi connectivity index (χ3n) is 11.8. The summed E-state index contributed by atoms with van der Waals surface area (Å²) >= 11 is 0. The van der Waals surface area contributed by atoms with E-state index in [0.29, 0.717) is 19.3 Å². The van der Waals surface area contributed by atoms with Crippen LogP contribution in [0.3, 0.4) is 0 Å². The standard InChI is InChI=1S/C60H102O6/c1-4-7-10-13-16-19-22-25-27-29-31-32-35-38-41-44-47-50-53-59(62)65-56-57(55-64-58(61)52-49-46-43-40-37-34-24-21-18-15-12-9-6-3)66-60(63)54-51-48-45-42-39-36-33-30-28-26-23-20-17-14-11-8-5-2/h9,12,15-16,18-19,21-22,24-25,27,29,31-32,57H,4-8,10-11,13-14,17,20,23,26,28,30,33-56H2,1-3H3/b12-9+,18-15+,19-16+,24-21+,25-22+,29-27+,32-31+. The number of esters is 3. The molecule has 0 aromatic heterocycles. The van der Waals surface area contributed by atoms with Crippen LogP contribution in [0.5, 0.6) is 0 Å². The van der Waals surface area contributed by atoms with E-state index in [1.54, 1.807) is 0 Å². The summed E-state index contributed by atoms with van der Waals surface area (Å²) in [5.41, 5.74) is 0. The van der Waals surface area contributed by atoms with Gasteiger partial charge in [0.2, 0.25) is 0 Å². The third kappa shape index (κ3) is 51.6. The molecule has 0 N–H and O–H groups in total. The smallest absolute Gasteiger partial charge is 0.306 e. The molecule has 6 heteroatoms. The van der Waals surface area contributed by atoms with E-state index < -0.39 is 6.10 Å². The molecule has 6 nitrogen and oxygen atoms in total. The maximum atomic E-state index is 12.8. The lowest BCUT2D eigenvalue weighted by atomic mass is 10.0. The van der Waals surface area contributed by atoms with Crippen LogP contribution in [0.25, 0.3) is 0 Å². The van der Waals surface area contributed by atoms with Crippen molar-refractivity contribution in [1.29, 1.82) is 0 Å². The van der Waals surface area contributed by atoms with E-state index in [1.165, 1.54) is 109 Å². The van der Waals surface area contributed by atoms with Gasteiger partial charge in [-0.2, -0.15) is 0 Å². The largest absolute Gasteiger partial charge is 0.462 e.